The van der Waals surface area contributed by atoms with Gasteiger partial charge < -0.3 is 4.74 Å². The van der Waals surface area contributed by atoms with Crippen LogP contribution in [0.25, 0.3) is 11.7 Å². The molecule has 23 heavy (non-hydrogen) atoms. The molecule has 0 aliphatic carbocycles. The Kier molecular flexibility index (Phi) is 6.33. The molecule has 0 N–H and O–H groups in total. The lowest BCUT2D eigenvalue weighted by Gasteiger charge is -2.06. The summed E-state index contributed by atoms with van der Waals surface area (Å²) >= 11 is 0. The van der Waals surface area contributed by atoms with Gasteiger partial charge in [0.05, 0.1) is 6.61 Å². The highest BCUT2D eigenvalue weighted by Crippen LogP contribution is 2.30. The quantitative estimate of drug-likeness (QED) is 0.553. The summed E-state index contributed by atoms with van der Waals surface area (Å²) in [4.78, 5) is 0. The Morgan fingerprint density at radius 1 is 0.783 bits per heavy atom. The second-order valence-electron chi connectivity index (χ2n) is 5.45. The minimum atomic E-state index is -0.852. The average molecular weight is 316 g/mol. The number of hydrogen-bond donors (Lipinski definition) is 0. The van der Waals surface area contributed by atoms with Crippen LogP contribution in [0.1, 0.15) is 43.4 Å². The van der Waals surface area contributed by atoms with E-state index in [4.69, 9.17) is 4.74 Å². The lowest BCUT2D eigenvalue weighted by atomic mass is 10.1. The van der Waals surface area contributed by atoms with Crippen LogP contribution in [0.3, 0.4) is 0 Å². The third kappa shape index (κ3) is 4.65. The maximum atomic E-state index is 14.3. The second kappa shape index (κ2) is 8.47. The number of hydrogen-bond acceptors (Lipinski definition) is 1. The molecule has 2 rings (SSSR count). The molecule has 0 spiro atoms. The molecule has 2 aromatic carbocycles. The van der Waals surface area contributed by atoms with E-state index in [0.717, 1.165) is 24.8 Å². The first-order valence-electron chi connectivity index (χ1n) is 8.03. The summed E-state index contributed by atoms with van der Waals surface area (Å²) in [6.07, 6.45) is 2.87. The second-order valence-corrected chi connectivity index (χ2v) is 5.45. The smallest absolute Gasteiger partial charge is 0.166 e. The number of rotatable bonds is 7. The summed E-state index contributed by atoms with van der Waals surface area (Å²) in [5.74, 6) is -1.03. The molecule has 1 nitrogen and oxygen atoms in total. The van der Waals surface area contributed by atoms with Gasteiger partial charge in [-0.05, 0) is 42.7 Å². The molecule has 0 fully saturated rings. The van der Waals surface area contributed by atoms with Gasteiger partial charge in [0, 0.05) is 11.1 Å². The fourth-order valence-corrected chi connectivity index (χ4v) is 2.28. The predicted molar refractivity (Wildman–Crippen MR) is 91.7 cm³/mol. The molecule has 0 heterocycles. The van der Waals surface area contributed by atoms with Crippen molar-refractivity contribution in [3.8, 4) is 5.75 Å². The van der Waals surface area contributed by atoms with Gasteiger partial charge in [-0.3, -0.25) is 0 Å². The van der Waals surface area contributed by atoms with Crippen molar-refractivity contribution in [2.24, 2.45) is 0 Å². The summed E-state index contributed by atoms with van der Waals surface area (Å²) in [6.45, 7) is 4.70. The summed E-state index contributed by atoms with van der Waals surface area (Å²) < 4.78 is 34.1. The summed E-state index contributed by atoms with van der Waals surface area (Å²) in [5.41, 5.74) is 1.60. The molecule has 0 atom stereocenters. The van der Waals surface area contributed by atoms with Crippen LogP contribution in [0, 0.1) is 0 Å². The molecule has 0 aromatic heterocycles. The molecule has 0 saturated carbocycles. The van der Waals surface area contributed by atoms with Crippen LogP contribution in [0.5, 0.6) is 5.75 Å². The van der Waals surface area contributed by atoms with Crippen molar-refractivity contribution < 1.29 is 13.5 Å². The average Bonchev–Trinajstić information content (AvgIpc) is 2.60. The van der Waals surface area contributed by atoms with E-state index in [1.165, 1.54) is 12.1 Å². The molecule has 0 saturated heterocycles. The van der Waals surface area contributed by atoms with Crippen molar-refractivity contribution >= 4 is 11.7 Å². The van der Waals surface area contributed by atoms with E-state index in [2.05, 4.69) is 6.92 Å². The van der Waals surface area contributed by atoms with Gasteiger partial charge in [0.15, 0.2) is 11.7 Å². The largest absolute Gasteiger partial charge is 0.494 e. The molecule has 3 heteroatoms. The standard InChI is InChI=1S/C20H22F2O/c1-3-5-15-6-8-16(9-7-15)19(21)20(22)17-10-12-18(13-11-17)23-14-4-2/h6-13H,3-5,14H2,1-2H3/b20-19+. The van der Waals surface area contributed by atoms with Crippen LogP contribution >= 0.6 is 0 Å². The SMILES string of the molecule is CCCOc1ccc(/C(F)=C(\F)c2ccc(CCC)cc2)cc1. The van der Waals surface area contributed by atoms with E-state index < -0.39 is 11.7 Å². The van der Waals surface area contributed by atoms with Crippen molar-refractivity contribution in [1.29, 1.82) is 0 Å². The lowest BCUT2D eigenvalue weighted by molar-refractivity contribution is 0.317. The number of ether oxygens (including phenoxy) is 1. The van der Waals surface area contributed by atoms with Crippen molar-refractivity contribution in [2.75, 3.05) is 6.61 Å². The molecule has 0 aliphatic rings. The van der Waals surface area contributed by atoms with Gasteiger partial charge in [-0.15, -0.1) is 0 Å². The maximum absolute atomic E-state index is 14.3. The van der Waals surface area contributed by atoms with E-state index >= 15 is 0 Å². The van der Waals surface area contributed by atoms with E-state index in [1.54, 1.807) is 24.3 Å². The topological polar surface area (TPSA) is 9.23 Å². The van der Waals surface area contributed by atoms with Crippen molar-refractivity contribution in [2.45, 2.75) is 33.1 Å². The molecule has 122 valence electrons. The van der Waals surface area contributed by atoms with E-state index in [1.807, 2.05) is 19.1 Å². The van der Waals surface area contributed by atoms with Gasteiger partial charge in [-0.2, -0.15) is 0 Å². The Morgan fingerprint density at radius 3 is 1.78 bits per heavy atom. The zero-order valence-electron chi connectivity index (χ0n) is 13.6. The van der Waals surface area contributed by atoms with Crippen LogP contribution in [0.15, 0.2) is 48.5 Å². The van der Waals surface area contributed by atoms with Gasteiger partial charge in [-0.25, -0.2) is 8.78 Å². The van der Waals surface area contributed by atoms with Crippen LogP contribution < -0.4 is 4.74 Å². The fraction of sp³-hybridized carbons (Fsp3) is 0.300. The monoisotopic (exact) mass is 316 g/mol. The zero-order chi connectivity index (χ0) is 16.7. The summed E-state index contributed by atoms with van der Waals surface area (Å²) in [5, 5.41) is 0. The van der Waals surface area contributed by atoms with Crippen LogP contribution in [-0.4, -0.2) is 6.61 Å². The van der Waals surface area contributed by atoms with Gasteiger partial charge in [0.25, 0.3) is 0 Å². The normalized spacial score (nSPS) is 12.0. The van der Waals surface area contributed by atoms with Crippen molar-refractivity contribution in [3.63, 3.8) is 0 Å². The highest BCUT2D eigenvalue weighted by molar-refractivity contribution is 5.83. The van der Waals surface area contributed by atoms with E-state index in [0.29, 0.717) is 12.4 Å². The zero-order valence-corrected chi connectivity index (χ0v) is 13.6. The molecular weight excluding hydrogens is 294 g/mol. The highest BCUT2D eigenvalue weighted by atomic mass is 19.2. The molecule has 0 aliphatic heterocycles. The Labute approximate surface area is 136 Å². The van der Waals surface area contributed by atoms with E-state index in [-0.39, 0.29) is 11.1 Å². The summed E-state index contributed by atoms with van der Waals surface area (Å²) in [6, 6.07) is 13.3. The third-order valence-electron chi connectivity index (χ3n) is 3.52. The lowest BCUT2D eigenvalue weighted by Crippen LogP contribution is -1.94. The molecule has 0 bridgehead atoms. The maximum Gasteiger partial charge on any atom is 0.166 e. The van der Waals surface area contributed by atoms with Crippen molar-refractivity contribution in [1.82, 2.24) is 0 Å². The molecule has 0 unspecified atom stereocenters. The Morgan fingerprint density at radius 2 is 1.30 bits per heavy atom. The van der Waals surface area contributed by atoms with Crippen LogP contribution in [0.2, 0.25) is 0 Å². The Bertz CT molecular complexity index is 642. The first-order valence-corrected chi connectivity index (χ1v) is 8.03. The minimum Gasteiger partial charge on any atom is -0.494 e. The number of benzene rings is 2. The summed E-state index contributed by atoms with van der Waals surface area (Å²) in [7, 11) is 0. The first kappa shape index (κ1) is 17.2. The third-order valence-corrected chi connectivity index (χ3v) is 3.52. The molecule has 2 aromatic rings. The van der Waals surface area contributed by atoms with Crippen LogP contribution in [0.4, 0.5) is 8.78 Å². The fourth-order valence-electron chi connectivity index (χ4n) is 2.28. The first-order chi connectivity index (χ1) is 11.2. The van der Waals surface area contributed by atoms with E-state index in [9.17, 15) is 8.78 Å². The number of halogens is 2. The predicted octanol–water partition coefficient (Wildman–Crippen LogP) is 6.19. The van der Waals surface area contributed by atoms with Gasteiger partial charge in [-0.1, -0.05) is 44.5 Å². The molecule has 0 amide bonds. The Balaban J connectivity index is 2.18. The van der Waals surface area contributed by atoms with Crippen LogP contribution in [-0.2, 0) is 6.42 Å². The van der Waals surface area contributed by atoms with Gasteiger partial charge >= 0.3 is 0 Å². The molecular formula is C20H22F2O. The minimum absolute atomic E-state index is 0.212. The van der Waals surface area contributed by atoms with Crippen molar-refractivity contribution in [3.05, 3.63) is 65.2 Å². The van der Waals surface area contributed by atoms with Gasteiger partial charge in [0.1, 0.15) is 5.75 Å². The highest BCUT2D eigenvalue weighted by Gasteiger charge is 2.11. The molecule has 0 radical (unpaired) electrons. The Hall–Kier alpha value is -2.16. The van der Waals surface area contributed by atoms with Gasteiger partial charge in [0.2, 0.25) is 0 Å². The number of aryl methyl sites for hydroxylation is 1.